The molecule has 6 heteroatoms. The van der Waals surface area contributed by atoms with Crippen LogP contribution in [0.25, 0.3) is 0 Å². The summed E-state index contributed by atoms with van der Waals surface area (Å²) in [6.07, 6.45) is 0. The van der Waals surface area contributed by atoms with Gasteiger partial charge in [-0.15, -0.1) is 0 Å². The summed E-state index contributed by atoms with van der Waals surface area (Å²) in [4.78, 5) is 0. The second-order valence-corrected chi connectivity index (χ2v) is 6.07. The third-order valence-electron chi connectivity index (χ3n) is 2.03. The molecule has 0 aromatic rings. The van der Waals surface area contributed by atoms with E-state index in [0.717, 1.165) is 0 Å². The molecule has 0 radical (unpaired) electrons. The zero-order chi connectivity index (χ0) is 12.6. The number of hydrogen-bond donors (Lipinski definition) is 0. The van der Waals surface area contributed by atoms with E-state index in [0.29, 0.717) is 26.3 Å². The summed E-state index contributed by atoms with van der Waals surface area (Å²) in [6, 6.07) is 0. The standard InChI is InChI=1S/C10H23NO4S/c1-10(2)9-16(12,13)11(5-7-14-3)6-8-15-4/h10H,5-9H2,1-4H3. The molecule has 0 saturated heterocycles. The van der Waals surface area contributed by atoms with E-state index in [2.05, 4.69) is 0 Å². The van der Waals surface area contributed by atoms with Crippen molar-refractivity contribution in [2.75, 3.05) is 46.3 Å². The summed E-state index contributed by atoms with van der Waals surface area (Å²) in [5, 5.41) is 0. The molecule has 0 atom stereocenters. The van der Waals surface area contributed by atoms with Gasteiger partial charge >= 0.3 is 0 Å². The second-order valence-electron chi connectivity index (χ2n) is 4.06. The monoisotopic (exact) mass is 253 g/mol. The largest absolute Gasteiger partial charge is 0.383 e. The number of sulfonamides is 1. The average molecular weight is 253 g/mol. The Kier molecular flexibility index (Phi) is 7.91. The number of rotatable bonds is 9. The van der Waals surface area contributed by atoms with Crippen molar-refractivity contribution in [2.24, 2.45) is 5.92 Å². The number of ether oxygens (including phenoxy) is 2. The maximum Gasteiger partial charge on any atom is 0.214 e. The summed E-state index contributed by atoms with van der Waals surface area (Å²) in [6.45, 7) is 5.36. The lowest BCUT2D eigenvalue weighted by atomic mass is 10.3. The molecule has 98 valence electrons. The average Bonchev–Trinajstić information content (AvgIpc) is 2.15. The SMILES string of the molecule is COCCN(CCOC)S(=O)(=O)CC(C)C. The molecular weight excluding hydrogens is 230 g/mol. The van der Waals surface area contributed by atoms with Gasteiger partial charge in [0.1, 0.15) is 0 Å². The molecule has 0 aromatic heterocycles. The third kappa shape index (κ3) is 6.42. The van der Waals surface area contributed by atoms with Gasteiger partial charge in [-0.3, -0.25) is 0 Å². The topological polar surface area (TPSA) is 55.8 Å². The zero-order valence-corrected chi connectivity index (χ0v) is 11.4. The van der Waals surface area contributed by atoms with Gasteiger partial charge in [0, 0.05) is 27.3 Å². The first-order valence-electron chi connectivity index (χ1n) is 5.39. The van der Waals surface area contributed by atoms with Crippen LogP contribution in [0.5, 0.6) is 0 Å². The van der Waals surface area contributed by atoms with Gasteiger partial charge in [-0.05, 0) is 5.92 Å². The maximum atomic E-state index is 12.0. The third-order valence-corrected chi connectivity index (χ3v) is 4.27. The van der Waals surface area contributed by atoms with Crippen molar-refractivity contribution in [2.45, 2.75) is 13.8 Å². The van der Waals surface area contributed by atoms with Crippen molar-refractivity contribution in [1.82, 2.24) is 4.31 Å². The molecule has 0 amide bonds. The maximum absolute atomic E-state index is 12.0. The van der Waals surface area contributed by atoms with Crippen molar-refractivity contribution in [3.05, 3.63) is 0 Å². The minimum atomic E-state index is -3.19. The highest BCUT2D eigenvalue weighted by Crippen LogP contribution is 2.07. The number of nitrogens with zero attached hydrogens (tertiary/aromatic N) is 1. The first-order valence-corrected chi connectivity index (χ1v) is 7.00. The fraction of sp³-hybridized carbons (Fsp3) is 1.00. The van der Waals surface area contributed by atoms with Crippen LogP contribution in [0.4, 0.5) is 0 Å². The molecule has 5 nitrogen and oxygen atoms in total. The van der Waals surface area contributed by atoms with Gasteiger partial charge in [-0.1, -0.05) is 13.8 Å². The van der Waals surface area contributed by atoms with E-state index in [-0.39, 0.29) is 11.7 Å². The van der Waals surface area contributed by atoms with Crippen LogP contribution in [-0.2, 0) is 19.5 Å². The minimum absolute atomic E-state index is 0.123. The summed E-state index contributed by atoms with van der Waals surface area (Å²) in [5.41, 5.74) is 0. The Labute approximate surface area is 98.8 Å². The molecule has 0 aliphatic rings. The van der Waals surface area contributed by atoms with Crippen molar-refractivity contribution < 1.29 is 17.9 Å². The molecule has 16 heavy (non-hydrogen) atoms. The Morgan fingerprint density at radius 3 is 1.81 bits per heavy atom. The smallest absolute Gasteiger partial charge is 0.214 e. The first kappa shape index (κ1) is 15.8. The van der Waals surface area contributed by atoms with Crippen LogP contribution in [-0.4, -0.2) is 59.0 Å². The summed E-state index contributed by atoms with van der Waals surface area (Å²) in [7, 11) is -0.0746. The molecule has 0 spiro atoms. The van der Waals surface area contributed by atoms with Crippen LogP contribution < -0.4 is 0 Å². The molecule has 0 aromatic carbocycles. The molecule has 0 rings (SSSR count). The Morgan fingerprint density at radius 2 is 1.50 bits per heavy atom. The molecule has 0 heterocycles. The normalized spacial score (nSPS) is 12.6. The molecule has 0 fully saturated rings. The predicted molar refractivity (Wildman–Crippen MR) is 63.9 cm³/mol. The van der Waals surface area contributed by atoms with Crippen LogP contribution in [0.3, 0.4) is 0 Å². The Balaban J connectivity index is 4.45. The summed E-state index contributed by atoms with van der Waals surface area (Å²) >= 11 is 0. The molecule has 0 aliphatic carbocycles. The van der Waals surface area contributed by atoms with Gasteiger partial charge in [0.15, 0.2) is 0 Å². The predicted octanol–water partition coefficient (Wildman–Crippen LogP) is 0.567. The van der Waals surface area contributed by atoms with E-state index in [1.807, 2.05) is 13.8 Å². The molecular formula is C10H23NO4S. The van der Waals surface area contributed by atoms with E-state index < -0.39 is 10.0 Å². The molecule has 0 N–H and O–H groups in total. The molecule has 0 unspecified atom stereocenters. The van der Waals surface area contributed by atoms with Gasteiger partial charge in [0.2, 0.25) is 10.0 Å². The van der Waals surface area contributed by atoms with E-state index in [9.17, 15) is 8.42 Å². The van der Waals surface area contributed by atoms with E-state index in [1.54, 1.807) is 14.2 Å². The quantitative estimate of drug-likeness (QED) is 0.603. The van der Waals surface area contributed by atoms with Gasteiger partial charge in [-0.2, -0.15) is 4.31 Å². The minimum Gasteiger partial charge on any atom is -0.383 e. The summed E-state index contributed by atoms with van der Waals surface area (Å²) < 4.78 is 35.2. The Morgan fingerprint density at radius 1 is 1.06 bits per heavy atom. The number of hydrogen-bond acceptors (Lipinski definition) is 4. The summed E-state index contributed by atoms with van der Waals surface area (Å²) in [5.74, 6) is 0.290. The lowest BCUT2D eigenvalue weighted by Gasteiger charge is -2.22. The lowest BCUT2D eigenvalue weighted by molar-refractivity contribution is 0.150. The fourth-order valence-electron chi connectivity index (χ4n) is 1.30. The highest BCUT2D eigenvalue weighted by atomic mass is 32.2. The van der Waals surface area contributed by atoms with Crippen LogP contribution in [0.15, 0.2) is 0 Å². The van der Waals surface area contributed by atoms with Crippen LogP contribution in [0, 0.1) is 5.92 Å². The molecule has 0 saturated carbocycles. The first-order chi connectivity index (χ1) is 7.44. The van der Waals surface area contributed by atoms with Gasteiger partial charge < -0.3 is 9.47 Å². The van der Waals surface area contributed by atoms with Crippen LogP contribution >= 0.6 is 0 Å². The Bertz CT molecular complexity index is 256. The van der Waals surface area contributed by atoms with Gasteiger partial charge in [0.25, 0.3) is 0 Å². The fourth-order valence-corrected chi connectivity index (χ4v) is 3.06. The van der Waals surface area contributed by atoms with E-state index in [1.165, 1.54) is 4.31 Å². The van der Waals surface area contributed by atoms with Crippen molar-refractivity contribution >= 4 is 10.0 Å². The number of methoxy groups -OCH3 is 2. The van der Waals surface area contributed by atoms with Crippen molar-refractivity contribution in [3.8, 4) is 0 Å². The van der Waals surface area contributed by atoms with Crippen molar-refractivity contribution in [3.63, 3.8) is 0 Å². The zero-order valence-electron chi connectivity index (χ0n) is 10.6. The Hall–Kier alpha value is -0.170. The molecule has 0 aliphatic heterocycles. The molecule has 0 bridgehead atoms. The highest BCUT2D eigenvalue weighted by Gasteiger charge is 2.22. The highest BCUT2D eigenvalue weighted by molar-refractivity contribution is 7.89. The van der Waals surface area contributed by atoms with Crippen LogP contribution in [0.1, 0.15) is 13.8 Å². The van der Waals surface area contributed by atoms with E-state index >= 15 is 0 Å². The lowest BCUT2D eigenvalue weighted by Crippen LogP contribution is -2.38. The van der Waals surface area contributed by atoms with Gasteiger partial charge in [-0.25, -0.2) is 8.42 Å². The second kappa shape index (κ2) is 8.00. The van der Waals surface area contributed by atoms with Crippen LogP contribution in [0.2, 0.25) is 0 Å². The van der Waals surface area contributed by atoms with Crippen molar-refractivity contribution in [1.29, 1.82) is 0 Å². The van der Waals surface area contributed by atoms with E-state index in [4.69, 9.17) is 9.47 Å². The van der Waals surface area contributed by atoms with Gasteiger partial charge in [0.05, 0.1) is 19.0 Å².